The van der Waals surface area contributed by atoms with Crippen LogP contribution in [0.15, 0.2) is 15.5 Å². The summed E-state index contributed by atoms with van der Waals surface area (Å²) in [5.74, 6) is 0.631. The number of halogens is 1. The first-order valence-electron chi connectivity index (χ1n) is 7.97. The summed E-state index contributed by atoms with van der Waals surface area (Å²) in [7, 11) is 0. The maximum atomic E-state index is 12.5. The van der Waals surface area contributed by atoms with E-state index in [-0.39, 0.29) is 5.56 Å². The van der Waals surface area contributed by atoms with E-state index in [0.717, 1.165) is 30.5 Å². The summed E-state index contributed by atoms with van der Waals surface area (Å²) in [5, 5.41) is 11.0. The van der Waals surface area contributed by atoms with E-state index in [1.165, 1.54) is 32.1 Å². The highest BCUT2D eigenvalue weighted by Crippen LogP contribution is 2.27. The van der Waals surface area contributed by atoms with Crippen molar-refractivity contribution in [1.82, 2.24) is 15.1 Å². The molecular formula is C15H23BrN4O. The molecule has 1 aromatic heterocycles. The standard InChI is InChI=1S/C15H23BrN4O/c16-13-9-19-20(10-11-3-1-4-11)15(21)14(13)18-8-6-12-5-2-7-17-12/h9,11-12,17-18H,1-8,10H2. The van der Waals surface area contributed by atoms with Crippen LogP contribution in [0.3, 0.4) is 0 Å². The highest BCUT2D eigenvalue weighted by molar-refractivity contribution is 9.10. The Morgan fingerprint density at radius 2 is 2.24 bits per heavy atom. The van der Waals surface area contributed by atoms with Gasteiger partial charge in [0.2, 0.25) is 0 Å². The van der Waals surface area contributed by atoms with E-state index >= 15 is 0 Å². The number of nitrogens with zero attached hydrogens (tertiary/aromatic N) is 2. The molecule has 1 aliphatic heterocycles. The van der Waals surface area contributed by atoms with Crippen LogP contribution in [0.4, 0.5) is 5.69 Å². The molecule has 0 bridgehead atoms. The van der Waals surface area contributed by atoms with Gasteiger partial charge in [0.15, 0.2) is 0 Å². The maximum Gasteiger partial charge on any atom is 0.291 e. The van der Waals surface area contributed by atoms with Crippen molar-refractivity contribution in [2.75, 3.05) is 18.4 Å². The molecule has 0 radical (unpaired) electrons. The minimum absolute atomic E-state index is 0.00402. The molecule has 1 saturated heterocycles. The fourth-order valence-electron chi connectivity index (χ4n) is 3.05. The van der Waals surface area contributed by atoms with E-state index in [1.54, 1.807) is 10.9 Å². The van der Waals surface area contributed by atoms with Crippen molar-refractivity contribution in [2.24, 2.45) is 5.92 Å². The molecule has 1 atom stereocenters. The summed E-state index contributed by atoms with van der Waals surface area (Å²) in [6.45, 7) is 2.70. The molecule has 3 rings (SSSR count). The number of rotatable bonds is 6. The van der Waals surface area contributed by atoms with E-state index in [9.17, 15) is 4.79 Å². The average molecular weight is 355 g/mol. The Kier molecular flexibility index (Phi) is 4.95. The van der Waals surface area contributed by atoms with Gasteiger partial charge in [-0.2, -0.15) is 5.10 Å². The molecule has 1 aromatic rings. The maximum absolute atomic E-state index is 12.5. The average Bonchev–Trinajstić information content (AvgIpc) is 2.93. The lowest BCUT2D eigenvalue weighted by Gasteiger charge is -2.25. The van der Waals surface area contributed by atoms with E-state index in [1.807, 2.05) is 0 Å². The first kappa shape index (κ1) is 15.0. The molecule has 5 nitrogen and oxygen atoms in total. The summed E-state index contributed by atoms with van der Waals surface area (Å²) < 4.78 is 2.38. The first-order chi connectivity index (χ1) is 10.2. The third-order valence-electron chi connectivity index (χ3n) is 4.61. The van der Waals surface area contributed by atoms with Crippen LogP contribution in [0, 0.1) is 5.92 Å². The highest BCUT2D eigenvalue weighted by atomic mass is 79.9. The van der Waals surface area contributed by atoms with Crippen molar-refractivity contribution in [2.45, 2.75) is 51.1 Å². The highest BCUT2D eigenvalue weighted by Gasteiger charge is 2.20. The SMILES string of the molecule is O=c1c(NCCC2CCCN2)c(Br)cnn1CC1CCC1. The quantitative estimate of drug-likeness (QED) is 0.823. The fraction of sp³-hybridized carbons (Fsp3) is 0.733. The molecule has 2 N–H and O–H groups in total. The van der Waals surface area contributed by atoms with Gasteiger partial charge in [-0.1, -0.05) is 6.42 Å². The monoisotopic (exact) mass is 354 g/mol. The van der Waals surface area contributed by atoms with E-state index in [0.29, 0.717) is 17.6 Å². The molecule has 1 aliphatic carbocycles. The van der Waals surface area contributed by atoms with Crippen molar-refractivity contribution < 1.29 is 0 Å². The summed E-state index contributed by atoms with van der Waals surface area (Å²) in [5.41, 5.74) is 0.651. The van der Waals surface area contributed by atoms with Crippen molar-refractivity contribution >= 4 is 21.6 Å². The van der Waals surface area contributed by atoms with Gasteiger partial charge in [-0.25, -0.2) is 4.68 Å². The van der Waals surface area contributed by atoms with Crippen LogP contribution < -0.4 is 16.2 Å². The predicted molar refractivity (Wildman–Crippen MR) is 87.7 cm³/mol. The van der Waals surface area contributed by atoms with Gasteiger partial charge in [-0.05, 0) is 60.5 Å². The van der Waals surface area contributed by atoms with Crippen LogP contribution in [0.5, 0.6) is 0 Å². The lowest BCUT2D eigenvalue weighted by atomic mass is 9.85. The summed E-state index contributed by atoms with van der Waals surface area (Å²) in [6, 6.07) is 0.593. The topological polar surface area (TPSA) is 59.0 Å². The summed E-state index contributed by atoms with van der Waals surface area (Å²) >= 11 is 3.44. The zero-order valence-electron chi connectivity index (χ0n) is 12.3. The van der Waals surface area contributed by atoms with Gasteiger partial charge in [0, 0.05) is 19.1 Å². The zero-order valence-corrected chi connectivity index (χ0v) is 13.9. The van der Waals surface area contributed by atoms with Crippen LogP contribution in [0.2, 0.25) is 0 Å². The zero-order chi connectivity index (χ0) is 14.7. The van der Waals surface area contributed by atoms with E-state index in [4.69, 9.17) is 0 Å². The second-order valence-corrected chi connectivity index (χ2v) is 7.01. The van der Waals surface area contributed by atoms with Crippen molar-refractivity contribution in [1.29, 1.82) is 0 Å². The number of nitrogens with one attached hydrogen (secondary N) is 2. The Hall–Kier alpha value is -0.880. The van der Waals surface area contributed by atoms with Crippen LogP contribution in [0.25, 0.3) is 0 Å². The van der Waals surface area contributed by atoms with Gasteiger partial charge in [-0.15, -0.1) is 0 Å². The van der Waals surface area contributed by atoms with E-state index in [2.05, 4.69) is 31.7 Å². The van der Waals surface area contributed by atoms with Gasteiger partial charge < -0.3 is 10.6 Å². The number of anilines is 1. The van der Waals surface area contributed by atoms with Gasteiger partial charge in [-0.3, -0.25) is 4.79 Å². The molecule has 0 amide bonds. The lowest BCUT2D eigenvalue weighted by molar-refractivity contribution is 0.262. The molecule has 0 spiro atoms. The molecule has 2 heterocycles. The largest absolute Gasteiger partial charge is 0.380 e. The third-order valence-corrected chi connectivity index (χ3v) is 5.21. The van der Waals surface area contributed by atoms with Crippen LogP contribution in [-0.4, -0.2) is 28.9 Å². The summed E-state index contributed by atoms with van der Waals surface area (Å²) in [6.07, 6.45) is 9.02. The van der Waals surface area contributed by atoms with E-state index < -0.39 is 0 Å². The molecule has 2 aliphatic rings. The Bertz CT molecular complexity index is 535. The Morgan fingerprint density at radius 1 is 1.38 bits per heavy atom. The Balaban J connectivity index is 1.62. The lowest BCUT2D eigenvalue weighted by Crippen LogP contribution is -2.31. The minimum atomic E-state index is -0.00402. The Morgan fingerprint density at radius 3 is 2.90 bits per heavy atom. The van der Waals surface area contributed by atoms with Crippen LogP contribution >= 0.6 is 15.9 Å². The second kappa shape index (κ2) is 6.92. The van der Waals surface area contributed by atoms with Crippen LogP contribution in [-0.2, 0) is 6.54 Å². The molecule has 21 heavy (non-hydrogen) atoms. The molecule has 6 heteroatoms. The first-order valence-corrected chi connectivity index (χ1v) is 8.76. The molecular weight excluding hydrogens is 332 g/mol. The third kappa shape index (κ3) is 3.66. The fourth-order valence-corrected chi connectivity index (χ4v) is 3.45. The normalized spacial score (nSPS) is 22.2. The smallest absolute Gasteiger partial charge is 0.291 e. The van der Waals surface area contributed by atoms with Crippen molar-refractivity contribution in [3.8, 4) is 0 Å². The number of aromatic nitrogens is 2. The molecule has 116 valence electrons. The van der Waals surface area contributed by atoms with Crippen molar-refractivity contribution in [3.63, 3.8) is 0 Å². The van der Waals surface area contributed by atoms with Crippen LogP contribution in [0.1, 0.15) is 38.5 Å². The Labute approximate surface area is 133 Å². The van der Waals surface area contributed by atoms with Gasteiger partial charge in [0.25, 0.3) is 5.56 Å². The molecule has 0 aromatic carbocycles. The van der Waals surface area contributed by atoms with Gasteiger partial charge >= 0.3 is 0 Å². The minimum Gasteiger partial charge on any atom is -0.380 e. The molecule has 1 unspecified atom stereocenters. The summed E-state index contributed by atoms with van der Waals surface area (Å²) in [4.78, 5) is 12.5. The van der Waals surface area contributed by atoms with Crippen molar-refractivity contribution in [3.05, 3.63) is 21.0 Å². The predicted octanol–water partition coefficient (Wildman–Crippen LogP) is 2.36. The number of hydrogen-bond donors (Lipinski definition) is 2. The molecule has 2 fully saturated rings. The molecule has 1 saturated carbocycles. The van der Waals surface area contributed by atoms with Gasteiger partial charge in [0.1, 0.15) is 5.69 Å². The second-order valence-electron chi connectivity index (χ2n) is 6.16. The van der Waals surface area contributed by atoms with Gasteiger partial charge in [0.05, 0.1) is 10.7 Å². The number of hydrogen-bond acceptors (Lipinski definition) is 4.